The van der Waals surface area contributed by atoms with E-state index < -0.39 is 29.4 Å². The number of nitriles is 1. The maximum atomic E-state index is 17.5. The van der Waals surface area contributed by atoms with E-state index in [1.54, 1.807) is 6.92 Å². The third-order valence-corrected chi connectivity index (χ3v) is 12.9. The predicted molar refractivity (Wildman–Crippen MR) is 181 cm³/mol. The van der Waals surface area contributed by atoms with Gasteiger partial charge in [-0.2, -0.15) is 15.2 Å². The number of alkyl halides is 1. The second-order valence-electron chi connectivity index (χ2n) is 14.9. The van der Waals surface area contributed by atoms with Crippen molar-refractivity contribution in [2.75, 3.05) is 45.1 Å². The average molecular weight is 706 g/mol. The first kappa shape index (κ1) is 32.3. The van der Waals surface area contributed by atoms with E-state index in [1.807, 2.05) is 0 Å². The van der Waals surface area contributed by atoms with Crippen molar-refractivity contribution in [2.24, 2.45) is 11.8 Å². The molecule has 7 heterocycles. The molecule has 2 bridgehead atoms. The van der Waals surface area contributed by atoms with Crippen LogP contribution in [0.15, 0.2) is 6.20 Å². The topological polar surface area (TPSA) is 134 Å². The smallest absolute Gasteiger partial charge is 0.317 e. The number of aliphatic hydroxyl groups excluding tert-OH is 1. The highest BCUT2D eigenvalue weighted by Gasteiger charge is 2.50. The van der Waals surface area contributed by atoms with E-state index in [9.17, 15) is 14.8 Å². The van der Waals surface area contributed by atoms with Crippen LogP contribution in [0.3, 0.4) is 0 Å². The third-order valence-electron chi connectivity index (χ3n) is 11.8. The van der Waals surface area contributed by atoms with Crippen molar-refractivity contribution in [2.45, 2.75) is 76.0 Å². The minimum atomic E-state index is -0.929. The lowest BCUT2D eigenvalue weighted by Gasteiger charge is -2.39. The van der Waals surface area contributed by atoms with Gasteiger partial charge < -0.3 is 25.2 Å². The molecule has 4 fully saturated rings. The van der Waals surface area contributed by atoms with E-state index in [0.717, 1.165) is 74.1 Å². The summed E-state index contributed by atoms with van der Waals surface area (Å²) in [6, 6.07) is 2.11. The molecule has 1 aromatic carbocycles. The van der Waals surface area contributed by atoms with Crippen molar-refractivity contribution in [3.63, 3.8) is 0 Å². The molecule has 5 aliphatic rings. The first-order chi connectivity index (χ1) is 24.2. The van der Waals surface area contributed by atoms with Gasteiger partial charge in [-0.1, -0.05) is 0 Å². The first-order valence-electron chi connectivity index (χ1n) is 17.5. The summed E-state index contributed by atoms with van der Waals surface area (Å²) in [5.74, 6) is -0.845. The van der Waals surface area contributed by atoms with Crippen LogP contribution in [0.5, 0.6) is 6.01 Å². The van der Waals surface area contributed by atoms with Gasteiger partial charge in [0.1, 0.15) is 29.4 Å². The molecule has 2 unspecified atom stereocenters. The Kier molecular flexibility index (Phi) is 7.74. The SMILES string of the molecule is C[C@@H](O)CN1CC2CCC(C1)C2c1nc(OC[C@@]23CCCN2C[C@H](F)C3)nc2c(F)c(-c3ncc(F)c4sc(N)c(C#N)c34)c3c(c12)COC3. The van der Waals surface area contributed by atoms with Crippen LogP contribution in [-0.4, -0.2) is 87.0 Å². The normalized spacial score (nSPS) is 28.4. The Hall–Kier alpha value is -3.61. The van der Waals surface area contributed by atoms with Crippen LogP contribution in [-0.2, 0) is 18.0 Å². The molecule has 3 N–H and O–H groups in total. The number of hydrogen-bond donors (Lipinski definition) is 2. The van der Waals surface area contributed by atoms with Crippen molar-refractivity contribution >= 4 is 37.3 Å². The molecule has 1 aliphatic carbocycles. The lowest BCUT2D eigenvalue weighted by Crippen LogP contribution is -2.44. The Morgan fingerprint density at radius 1 is 1.18 bits per heavy atom. The van der Waals surface area contributed by atoms with Crippen LogP contribution >= 0.6 is 11.3 Å². The van der Waals surface area contributed by atoms with Gasteiger partial charge in [0.2, 0.25) is 0 Å². The zero-order valence-electron chi connectivity index (χ0n) is 27.7. The number of hydrogen-bond acceptors (Lipinski definition) is 11. The number of anilines is 1. The first-order valence-corrected chi connectivity index (χ1v) is 18.3. The fourth-order valence-corrected chi connectivity index (χ4v) is 10.8. The standard InChI is InChI=1S/C36H38F3N7O3S/c1-17(47)10-45-11-18-3-4-19(12-45)25(18)31-27-23-15-48-14-22(23)26(30-28-21(8-40)34(41)50-33(28)24(38)9-42-30)29(39)32(27)44-35(43-31)49-16-36-5-2-6-46(36)13-20(37)7-36/h9,17-20,25,47H,2-7,10-16,41H2,1H3/t17-,18?,19?,20-,25?,36+/m1/s1. The van der Waals surface area contributed by atoms with Gasteiger partial charge in [0.25, 0.3) is 0 Å². The van der Waals surface area contributed by atoms with Crippen LogP contribution in [0.1, 0.15) is 67.3 Å². The maximum absolute atomic E-state index is 17.5. The number of nitrogen functional groups attached to an aromatic ring is 1. The molecule has 3 saturated heterocycles. The van der Waals surface area contributed by atoms with Gasteiger partial charge in [-0.15, -0.1) is 11.3 Å². The number of rotatable bonds is 7. The number of aromatic nitrogens is 3. The highest BCUT2D eigenvalue weighted by atomic mass is 32.1. The van der Waals surface area contributed by atoms with E-state index in [4.69, 9.17) is 25.2 Å². The van der Waals surface area contributed by atoms with Gasteiger partial charge >= 0.3 is 6.01 Å². The zero-order chi connectivity index (χ0) is 34.5. The Balaban J connectivity index is 1.24. The predicted octanol–water partition coefficient (Wildman–Crippen LogP) is 5.43. The number of ether oxygens (including phenoxy) is 2. The van der Waals surface area contributed by atoms with Crippen LogP contribution in [0, 0.1) is 34.8 Å². The molecule has 9 rings (SSSR count). The summed E-state index contributed by atoms with van der Waals surface area (Å²) in [5, 5.41) is 21.0. The monoisotopic (exact) mass is 705 g/mol. The molecule has 50 heavy (non-hydrogen) atoms. The van der Waals surface area contributed by atoms with Crippen LogP contribution in [0.2, 0.25) is 0 Å². The number of β-amino-alcohol motifs (C(OH)–C–C–N with tert-alkyl or cyclic N) is 1. The van der Waals surface area contributed by atoms with Crippen molar-refractivity contribution in [1.82, 2.24) is 24.8 Å². The lowest BCUT2D eigenvalue weighted by atomic mass is 9.79. The maximum Gasteiger partial charge on any atom is 0.317 e. The number of halogens is 3. The van der Waals surface area contributed by atoms with E-state index in [-0.39, 0.29) is 81.0 Å². The van der Waals surface area contributed by atoms with E-state index in [0.29, 0.717) is 30.5 Å². The van der Waals surface area contributed by atoms with Gasteiger partial charge in [0, 0.05) is 54.9 Å². The number of nitrogens with two attached hydrogens (primary N) is 1. The number of pyridine rings is 1. The fraction of sp³-hybridized carbons (Fsp3) is 0.556. The van der Waals surface area contributed by atoms with Gasteiger partial charge in [0.05, 0.1) is 52.7 Å². The quantitative estimate of drug-likeness (QED) is 0.257. The molecule has 4 aliphatic heterocycles. The van der Waals surface area contributed by atoms with Crippen molar-refractivity contribution in [1.29, 1.82) is 5.26 Å². The number of benzene rings is 1. The zero-order valence-corrected chi connectivity index (χ0v) is 28.5. The lowest BCUT2D eigenvalue weighted by molar-refractivity contribution is 0.0803. The molecule has 14 heteroatoms. The second-order valence-corrected chi connectivity index (χ2v) is 16.0. The fourth-order valence-electron chi connectivity index (χ4n) is 9.92. The summed E-state index contributed by atoms with van der Waals surface area (Å²) in [6.45, 7) is 5.64. The Labute approximate surface area is 291 Å². The molecule has 0 spiro atoms. The highest BCUT2D eigenvalue weighted by molar-refractivity contribution is 7.23. The molecule has 3 aromatic heterocycles. The summed E-state index contributed by atoms with van der Waals surface area (Å²) < 4.78 is 59.7. The van der Waals surface area contributed by atoms with Crippen molar-refractivity contribution in [3.05, 3.63) is 40.2 Å². The summed E-state index contributed by atoms with van der Waals surface area (Å²) in [4.78, 5) is 18.7. The summed E-state index contributed by atoms with van der Waals surface area (Å²) >= 11 is 0.933. The number of thiophene rings is 1. The molecule has 5 atom stereocenters. The molecule has 10 nitrogen and oxygen atoms in total. The molecule has 262 valence electrons. The van der Waals surface area contributed by atoms with Crippen LogP contribution < -0.4 is 10.5 Å². The van der Waals surface area contributed by atoms with Crippen LogP contribution in [0.4, 0.5) is 18.2 Å². The van der Waals surface area contributed by atoms with Gasteiger partial charge in [-0.3, -0.25) is 9.88 Å². The number of aliphatic hydroxyl groups is 1. The Morgan fingerprint density at radius 2 is 1.96 bits per heavy atom. The largest absolute Gasteiger partial charge is 0.461 e. The average Bonchev–Trinajstić information content (AvgIpc) is 3.88. The number of likely N-dealkylation sites (tertiary alicyclic amines) is 1. The number of fused-ring (bicyclic) bond motifs is 7. The summed E-state index contributed by atoms with van der Waals surface area (Å²) in [5.41, 5.74) is 8.07. The minimum absolute atomic E-state index is 0.00316. The molecular formula is C36H38F3N7O3S. The van der Waals surface area contributed by atoms with E-state index in [2.05, 4.69) is 20.9 Å². The van der Waals surface area contributed by atoms with Crippen molar-refractivity contribution in [3.8, 4) is 23.3 Å². The molecule has 0 amide bonds. The highest BCUT2D eigenvalue weighted by Crippen LogP contribution is 2.52. The van der Waals surface area contributed by atoms with E-state index in [1.165, 1.54) is 0 Å². The Morgan fingerprint density at radius 3 is 2.72 bits per heavy atom. The van der Waals surface area contributed by atoms with E-state index >= 15 is 8.78 Å². The van der Waals surface area contributed by atoms with Crippen molar-refractivity contribution < 1.29 is 27.8 Å². The van der Waals surface area contributed by atoms with Crippen LogP contribution in [0.25, 0.3) is 32.2 Å². The van der Waals surface area contributed by atoms with Gasteiger partial charge in [0.15, 0.2) is 11.6 Å². The minimum Gasteiger partial charge on any atom is -0.461 e. The summed E-state index contributed by atoms with van der Waals surface area (Å²) in [7, 11) is 0. The van der Waals surface area contributed by atoms with Gasteiger partial charge in [-0.05, 0) is 62.1 Å². The number of piperidine rings is 1. The molecule has 4 aromatic rings. The number of nitrogens with zero attached hydrogens (tertiary/aromatic N) is 6. The molecule has 1 saturated carbocycles. The molecular weight excluding hydrogens is 668 g/mol. The third kappa shape index (κ3) is 4.92. The second kappa shape index (κ2) is 12.0. The Bertz CT molecular complexity index is 2070. The summed E-state index contributed by atoms with van der Waals surface area (Å²) in [6.07, 6.45) is 3.76. The molecule has 0 radical (unpaired) electrons. The van der Waals surface area contributed by atoms with Gasteiger partial charge in [-0.25, -0.2) is 13.2 Å².